The average Bonchev–Trinajstić information content (AvgIpc) is 2.61. The Bertz CT molecular complexity index is 270. The summed E-state index contributed by atoms with van der Waals surface area (Å²) in [7, 11) is 2.25. The molecule has 17 heavy (non-hydrogen) atoms. The molecule has 2 fully saturated rings. The Hall–Kier alpha value is -1.14. The SMILES string of the molecule is CN1CCC2(CCNCC2)C1.O=C(O)C(=O)O. The zero-order valence-corrected chi connectivity index (χ0v) is 10.1. The lowest BCUT2D eigenvalue weighted by Crippen LogP contribution is -2.38. The molecule has 2 aliphatic heterocycles. The molecule has 0 radical (unpaired) electrons. The third-order valence-corrected chi connectivity index (χ3v) is 3.48. The minimum Gasteiger partial charge on any atom is -0.473 e. The number of carbonyl (C=O) groups is 2. The molecule has 0 aliphatic carbocycles. The van der Waals surface area contributed by atoms with Crippen molar-refractivity contribution >= 4 is 11.9 Å². The minimum absolute atomic E-state index is 0.708. The fourth-order valence-electron chi connectivity index (χ4n) is 2.52. The number of aliphatic carboxylic acids is 2. The molecule has 0 unspecified atom stereocenters. The lowest BCUT2D eigenvalue weighted by atomic mass is 9.78. The van der Waals surface area contributed by atoms with Gasteiger partial charge in [-0.1, -0.05) is 0 Å². The van der Waals surface area contributed by atoms with E-state index in [9.17, 15) is 0 Å². The first-order valence-corrected chi connectivity index (χ1v) is 5.81. The van der Waals surface area contributed by atoms with Gasteiger partial charge in [-0.3, -0.25) is 0 Å². The summed E-state index contributed by atoms with van der Waals surface area (Å²) in [6, 6.07) is 0. The van der Waals surface area contributed by atoms with E-state index in [1.807, 2.05) is 0 Å². The third kappa shape index (κ3) is 4.32. The molecule has 1 spiro atoms. The monoisotopic (exact) mass is 244 g/mol. The number of rotatable bonds is 0. The molecule has 98 valence electrons. The quantitative estimate of drug-likeness (QED) is 0.513. The smallest absolute Gasteiger partial charge is 0.414 e. The molecule has 0 aromatic rings. The minimum atomic E-state index is -1.82. The van der Waals surface area contributed by atoms with Crippen LogP contribution < -0.4 is 5.32 Å². The second-order valence-corrected chi connectivity index (χ2v) is 4.85. The second-order valence-electron chi connectivity index (χ2n) is 4.85. The number of carboxylic acid groups (broad SMARTS) is 2. The highest BCUT2D eigenvalue weighted by atomic mass is 16.4. The predicted molar refractivity (Wildman–Crippen MR) is 61.9 cm³/mol. The van der Waals surface area contributed by atoms with Crippen molar-refractivity contribution in [3.05, 3.63) is 0 Å². The molecule has 6 heteroatoms. The Balaban J connectivity index is 0.000000209. The number of hydrogen-bond donors (Lipinski definition) is 3. The van der Waals surface area contributed by atoms with Crippen molar-refractivity contribution in [3.63, 3.8) is 0 Å². The maximum absolute atomic E-state index is 9.10. The van der Waals surface area contributed by atoms with Crippen LogP contribution in [0.1, 0.15) is 19.3 Å². The van der Waals surface area contributed by atoms with Crippen LogP contribution in [0.4, 0.5) is 0 Å². The van der Waals surface area contributed by atoms with Gasteiger partial charge in [-0.15, -0.1) is 0 Å². The normalized spacial score (nSPS) is 22.9. The van der Waals surface area contributed by atoms with Crippen molar-refractivity contribution in [2.45, 2.75) is 19.3 Å². The molecule has 0 amide bonds. The Morgan fingerprint density at radius 2 is 1.65 bits per heavy atom. The van der Waals surface area contributed by atoms with E-state index in [2.05, 4.69) is 17.3 Å². The first kappa shape index (κ1) is 13.9. The van der Waals surface area contributed by atoms with Gasteiger partial charge < -0.3 is 20.4 Å². The zero-order valence-electron chi connectivity index (χ0n) is 10.1. The van der Waals surface area contributed by atoms with E-state index in [-0.39, 0.29) is 0 Å². The van der Waals surface area contributed by atoms with E-state index < -0.39 is 11.9 Å². The Labute approximate surface area is 101 Å². The highest BCUT2D eigenvalue weighted by molar-refractivity contribution is 6.27. The summed E-state index contributed by atoms with van der Waals surface area (Å²) in [5.41, 5.74) is 0.708. The largest absolute Gasteiger partial charge is 0.473 e. The van der Waals surface area contributed by atoms with E-state index in [0.29, 0.717) is 5.41 Å². The number of nitrogens with zero attached hydrogens (tertiary/aromatic N) is 1. The van der Waals surface area contributed by atoms with Crippen LogP contribution in [0.2, 0.25) is 0 Å². The van der Waals surface area contributed by atoms with Crippen molar-refractivity contribution < 1.29 is 19.8 Å². The van der Waals surface area contributed by atoms with Gasteiger partial charge in [0.25, 0.3) is 0 Å². The van der Waals surface area contributed by atoms with Crippen molar-refractivity contribution in [3.8, 4) is 0 Å². The summed E-state index contributed by atoms with van der Waals surface area (Å²) in [5, 5.41) is 18.2. The number of hydrogen-bond acceptors (Lipinski definition) is 4. The van der Waals surface area contributed by atoms with Gasteiger partial charge in [0.1, 0.15) is 0 Å². The van der Waals surface area contributed by atoms with E-state index in [0.717, 1.165) is 0 Å². The summed E-state index contributed by atoms with van der Waals surface area (Å²) in [4.78, 5) is 20.7. The fourth-order valence-corrected chi connectivity index (χ4v) is 2.52. The number of carboxylic acids is 2. The first-order valence-electron chi connectivity index (χ1n) is 5.81. The van der Waals surface area contributed by atoms with Gasteiger partial charge in [-0.05, 0) is 51.4 Å². The van der Waals surface area contributed by atoms with Crippen molar-refractivity contribution in [2.75, 3.05) is 33.2 Å². The van der Waals surface area contributed by atoms with Crippen molar-refractivity contribution in [1.82, 2.24) is 10.2 Å². The molecular weight excluding hydrogens is 224 g/mol. The van der Waals surface area contributed by atoms with E-state index in [1.165, 1.54) is 45.4 Å². The molecule has 0 bridgehead atoms. The highest BCUT2D eigenvalue weighted by Gasteiger charge is 2.37. The van der Waals surface area contributed by atoms with Gasteiger partial charge in [-0.2, -0.15) is 0 Å². The molecular formula is C11H20N2O4. The second kappa shape index (κ2) is 5.97. The Kier molecular flexibility index (Phi) is 4.89. The standard InChI is InChI=1S/C9H18N2.C2H2O4/c1-11-7-4-9(8-11)2-5-10-6-3-9;3-1(4)2(5)6/h10H,2-8H2,1H3;(H,3,4)(H,5,6). The maximum atomic E-state index is 9.10. The van der Waals surface area contributed by atoms with Crippen LogP contribution in [0, 0.1) is 5.41 Å². The van der Waals surface area contributed by atoms with Crippen LogP contribution in [0.15, 0.2) is 0 Å². The van der Waals surface area contributed by atoms with Gasteiger partial charge in [0.15, 0.2) is 0 Å². The summed E-state index contributed by atoms with van der Waals surface area (Å²) in [5.74, 6) is -3.65. The van der Waals surface area contributed by atoms with Crippen LogP contribution in [-0.2, 0) is 9.59 Å². The number of likely N-dealkylation sites (tertiary alicyclic amines) is 1. The lowest BCUT2D eigenvalue weighted by molar-refractivity contribution is -0.159. The van der Waals surface area contributed by atoms with Gasteiger partial charge in [0.05, 0.1) is 0 Å². The Morgan fingerprint density at radius 3 is 2.00 bits per heavy atom. The topological polar surface area (TPSA) is 89.9 Å². The first-order chi connectivity index (χ1) is 7.95. The Morgan fingerprint density at radius 1 is 1.12 bits per heavy atom. The van der Waals surface area contributed by atoms with E-state index in [4.69, 9.17) is 19.8 Å². The number of nitrogens with one attached hydrogen (secondary N) is 1. The highest BCUT2D eigenvalue weighted by Crippen LogP contribution is 2.37. The molecule has 2 saturated heterocycles. The predicted octanol–water partition coefficient (Wildman–Crippen LogP) is -0.153. The molecule has 2 rings (SSSR count). The molecule has 6 nitrogen and oxygen atoms in total. The van der Waals surface area contributed by atoms with Gasteiger partial charge in [-0.25, -0.2) is 9.59 Å². The summed E-state index contributed by atoms with van der Waals surface area (Å²) < 4.78 is 0. The molecule has 0 saturated carbocycles. The molecule has 2 aliphatic rings. The average molecular weight is 244 g/mol. The summed E-state index contributed by atoms with van der Waals surface area (Å²) >= 11 is 0. The molecule has 0 aromatic carbocycles. The summed E-state index contributed by atoms with van der Waals surface area (Å²) in [6.07, 6.45) is 4.24. The zero-order chi connectivity index (χ0) is 12.9. The van der Waals surface area contributed by atoms with Crippen LogP contribution in [-0.4, -0.2) is 60.3 Å². The molecule has 3 N–H and O–H groups in total. The van der Waals surface area contributed by atoms with Gasteiger partial charge in [0.2, 0.25) is 0 Å². The third-order valence-electron chi connectivity index (χ3n) is 3.48. The van der Waals surface area contributed by atoms with Crippen LogP contribution >= 0.6 is 0 Å². The van der Waals surface area contributed by atoms with Crippen LogP contribution in [0.3, 0.4) is 0 Å². The molecule has 0 atom stereocenters. The van der Waals surface area contributed by atoms with Crippen LogP contribution in [0.5, 0.6) is 0 Å². The van der Waals surface area contributed by atoms with Crippen molar-refractivity contribution in [2.24, 2.45) is 5.41 Å². The van der Waals surface area contributed by atoms with E-state index >= 15 is 0 Å². The van der Waals surface area contributed by atoms with Gasteiger partial charge in [0, 0.05) is 6.54 Å². The molecule has 2 heterocycles. The molecule has 0 aromatic heterocycles. The lowest BCUT2D eigenvalue weighted by Gasteiger charge is -2.33. The van der Waals surface area contributed by atoms with Crippen LogP contribution in [0.25, 0.3) is 0 Å². The number of piperidine rings is 1. The van der Waals surface area contributed by atoms with E-state index in [1.54, 1.807) is 0 Å². The van der Waals surface area contributed by atoms with Gasteiger partial charge >= 0.3 is 11.9 Å². The fraction of sp³-hybridized carbons (Fsp3) is 0.818. The maximum Gasteiger partial charge on any atom is 0.414 e. The van der Waals surface area contributed by atoms with Crippen molar-refractivity contribution in [1.29, 1.82) is 0 Å². The summed E-state index contributed by atoms with van der Waals surface area (Å²) in [6.45, 7) is 5.15.